The molecular weight excluding hydrogens is 232 g/mol. The van der Waals surface area contributed by atoms with Gasteiger partial charge in [-0.05, 0) is 20.3 Å². The van der Waals surface area contributed by atoms with Crippen molar-refractivity contribution in [2.24, 2.45) is 0 Å². The summed E-state index contributed by atoms with van der Waals surface area (Å²) in [6, 6.07) is -0.183. The molecule has 0 aliphatic carbocycles. The SMILES string of the molecule is CCNS(=O)(=O)N(CCCC(=O)O)C(C)C. The Morgan fingerprint density at radius 2 is 2.00 bits per heavy atom. The second-order valence-electron chi connectivity index (χ2n) is 3.70. The van der Waals surface area contributed by atoms with Crippen molar-refractivity contribution in [3.63, 3.8) is 0 Å². The molecule has 0 saturated heterocycles. The number of hydrogen-bond acceptors (Lipinski definition) is 3. The van der Waals surface area contributed by atoms with Crippen molar-refractivity contribution >= 4 is 16.2 Å². The molecule has 0 rings (SSSR count). The highest BCUT2D eigenvalue weighted by molar-refractivity contribution is 7.87. The first-order valence-corrected chi connectivity index (χ1v) is 6.73. The van der Waals surface area contributed by atoms with Gasteiger partial charge in [-0.25, -0.2) is 4.72 Å². The molecule has 0 saturated carbocycles. The number of carbonyl (C=O) groups is 1. The third-order valence-electron chi connectivity index (χ3n) is 1.98. The van der Waals surface area contributed by atoms with Gasteiger partial charge in [0, 0.05) is 25.6 Å². The van der Waals surface area contributed by atoms with E-state index in [1.165, 1.54) is 4.31 Å². The Labute approximate surface area is 96.8 Å². The lowest BCUT2D eigenvalue weighted by Gasteiger charge is -2.25. The molecule has 16 heavy (non-hydrogen) atoms. The lowest BCUT2D eigenvalue weighted by Crippen LogP contribution is -2.45. The van der Waals surface area contributed by atoms with Crippen LogP contribution in [0.25, 0.3) is 0 Å². The molecule has 0 fully saturated rings. The molecule has 0 atom stereocenters. The molecule has 0 unspecified atom stereocenters. The summed E-state index contributed by atoms with van der Waals surface area (Å²) in [6.45, 7) is 5.77. The maximum absolute atomic E-state index is 11.7. The maximum Gasteiger partial charge on any atom is 0.303 e. The summed E-state index contributed by atoms with van der Waals surface area (Å²) in [5.74, 6) is -0.912. The highest BCUT2D eigenvalue weighted by Crippen LogP contribution is 2.07. The third kappa shape index (κ3) is 5.43. The third-order valence-corrected chi connectivity index (χ3v) is 3.86. The zero-order valence-corrected chi connectivity index (χ0v) is 10.7. The van der Waals surface area contributed by atoms with Gasteiger partial charge < -0.3 is 5.11 Å². The smallest absolute Gasteiger partial charge is 0.303 e. The molecule has 0 aliphatic rings. The van der Waals surface area contributed by atoms with E-state index in [-0.39, 0.29) is 19.0 Å². The van der Waals surface area contributed by atoms with E-state index in [1.807, 2.05) is 0 Å². The van der Waals surface area contributed by atoms with Gasteiger partial charge in [-0.2, -0.15) is 12.7 Å². The number of nitrogens with one attached hydrogen (secondary N) is 1. The van der Waals surface area contributed by atoms with Crippen LogP contribution in [-0.2, 0) is 15.0 Å². The second-order valence-corrected chi connectivity index (χ2v) is 5.41. The molecule has 6 nitrogen and oxygen atoms in total. The number of hydrogen-bond donors (Lipinski definition) is 2. The zero-order chi connectivity index (χ0) is 12.8. The van der Waals surface area contributed by atoms with E-state index in [0.29, 0.717) is 13.0 Å². The average Bonchev–Trinajstić information content (AvgIpc) is 2.10. The molecule has 96 valence electrons. The van der Waals surface area contributed by atoms with Gasteiger partial charge in [0.1, 0.15) is 0 Å². The summed E-state index contributed by atoms with van der Waals surface area (Å²) in [5.41, 5.74) is 0. The predicted molar refractivity (Wildman–Crippen MR) is 61.3 cm³/mol. The number of rotatable bonds is 8. The highest BCUT2D eigenvalue weighted by atomic mass is 32.2. The lowest BCUT2D eigenvalue weighted by atomic mass is 10.3. The minimum absolute atomic E-state index is 0.0230. The monoisotopic (exact) mass is 252 g/mol. The van der Waals surface area contributed by atoms with Crippen LogP contribution in [-0.4, -0.2) is 42.9 Å². The maximum atomic E-state index is 11.7. The number of nitrogens with zero attached hydrogens (tertiary/aromatic N) is 1. The number of carboxylic acid groups (broad SMARTS) is 1. The number of aliphatic carboxylic acids is 1. The highest BCUT2D eigenvalue weighted by Gasteiger charge is 2.23. The van der Waals surface area contributed by atoms with Crippen LogP contribution in [0.3, 0.4) is 0 Å². The Morgan fingerprint density at radius 3 is 2.38 bits per heavy atom. The van der Waals surface area contributed by atoms with E-state index in [0.717, 1.165) is 0 Å². The molecule has 0 aliphatic heterocycles. The van der Waals surface area contributed by atoms with Crippen molar-refractivity contribution in [2.75, 3.05) is 13.1 Å². The van der Waals surface area contributed by atoms with Gasteiger partial charge in [-0.1, -0.05) is 6.92 Å². The Hall–Kier alpha value is -0.660. The van der Waals surface area contributed by atoms with Crippen LogP contribution in [0.4, 0.5) is 0 Å². The van der Waals surface area contributed by atoms with E-state index in [9.17, 15) is 13.2 Å². The molecule has 0 aromatic heterocycles. The molecule has 0 aromatic rings. The molecule has 0 radical (unpaired) electrons. The van der Waals surface area contributed by atoms with Crippen molar-refractivity contribution < 1.29 is 18.3 Å². The minimum Gasteiger partial charge on any atom is -0.481 e. The van der Waals surface area contributed by atoms with Crippen molar-refractivity contribution in [2.45, 2.75) is 39.7 Å². The predicted octanol–water partition coefficient (Wildman–Crippen LogP) is 0.416. The summed E-state index contributed by atoms with van der Waals surface area (Å²) in [4.78, 5) is 10.3. The molecule has 0 amide bonds. The average molecular weight is 252 g/mol. The first-order chi connectivity index (χ1) is 7.31. The second kappa shape index (κ2) is 6.82. The van der Waals surface area contributed by atoms with Gasteiger partial charge in [0.15, 0.2) is 0 Å². The Kier molecular flexibility index (Phi) is 6.54. The van der Waals surface area contributed by atoms with Crippen LogP contribution < -0.4 is 4.72 Å². The molecular formula is C9H20N2O4S. The molecule has 7 heteroatoms. The van der Waals surface area contributed by atoms with Crippen LogP contribution in [0.2, 0.25) is 0 Å². The van der Waals surface area contributed by atoms with E-state index < -0.39 is 16.2 Å². The summed E-state index contributed by atoms with van der Waals surface area (Å²) >= 11 is 0. The van der Waals surface area contributed by atoms with Gasteiger partial charge in [0.2, 0.25) is 0 Å². The van der Waals surface area contributed by atoms with Crippen LogP contribution in [0, 0.1) is 0 Å². The molecule has 0 aromatic carbocycles. The Bertz CT molecular complexity index is 313. The largest absolute Gasteiger partial charge is 0.481 e. The standard InChI is InChI=1S/C9H20N2O4S/c1-4-10-16(14,15)11(8(2)3)7-5-6-9(12)13/h8,10H,4-7H2,1-3H3,(H,12,13). The first kappa shape index (κ1) is 15.3. The fourth-order valence-corrected chi connectivity index (χ4v) is 2.76. The summed E-state index contributed by atoms with van der Waals surface area (Å²) in [7, 11) is -3.48. The molecule has 2 N–H and O–H groups in total. The molecule has 0 heterocycles. The topological polar surface area (TPSA) is 86.7 Å². The first-order valence-electron chi connectivity index (χ1n) is 5.29. The summed E-state index contributed by atoms with van der Waals surface area (Å²) in [5, 5.41) is 8.49. The fraction of sp³-hybridized carbons (Fsp3) is 0.889. The van der Waals surface area contributed by atoms with Gasteiger partial charge in [-0.3, -0.25) is 4.79 Å². The Morgan fingerprint density at radius 1 is 1.44 bits per heavy atom. The normalized spacial score (nSPS) is 12.3. The minimum atomic E-state index is -3.48. The van der Waals surface area contributed by atoms with E-state index in [2.05, 4.69) is 4.72 Å². The summed E-state index contributed by atoms with van der Waals surface area (Å²) in [6.07, 6.45) is 0.295. The van der Waals surface area contributed by atoms with E-state index in [1.54, 1.807) is 20.8 Å². The van der Waals surface area contributed by atoms with Crippen molar-refractivity contribution in [1.82, 2.24) is 9.03 Å². The zero-order valence-electron chi connectivity index (χ0n) is 9.93. The van der Waals surface area contributed by atoms with Gasteiger partial charge in [0.25, 0.3) is 10.2 Å². The van der Waals surface area contributed by atoms with Gasteiger partial charge in [0.05, 0.1) is 0 Å². The van der Waals surface area contributed by atoms with Crippen LogP contribution in [0.1, 0.15) is 33.6 Å². The Balaban J connectivity index is 4.44. The van der Waals surface area contributed by atoms with Crippen LogP contribution in [0.15, 0.2) is 0 Å². The van der Waals surface area contributed by atoms with Crippen molar-refractivity contribution in [3.05, 3.63) is 0 Å². The van der Waals surface area contributed by atoms with Gasteiger partial charge in [-0.15, -0.1) is 0 Å². The van der Waals surface area contributed by atoms with Gasteiger partial charge >= 0.3 is 5.97 Å². The van der Waals surface area contributed by atoms with E-state index >= 15 is 0 Å². The fourth-order valence-electron chi connectivity index (χ4n) is 1.31. The van der Waals surface area contributed by atoms with Crippen molar-refractivity contribution in [1.29, 1.82) is 0 Å². The number of carboxylic acids is 1. The van der Waals surface area contributed by atoms with E-state index in [4.69, 9.17) is 5.11 Å². The van der Waals surface area contributed by atoms with Crippen LogP contribution in [0.5, 0.6) is 0 Å². The van der Waals surface area contributed by atoms with Crippen LogP contribution >= 0.6 is 0 Å². The quantitative estimate of drug-likeness (QED) is 0.655. The lowest BCUT2D eigenvalue weighted by molar-refractivity contribution is -0.137. The molecule has 0 spiro atoms. The summed E-state index contributed by atoms with van der Waals surface area (Å²) < 4.78 is 27.1. The molecule has 0 bridgehead atoms. The van der Waals surface area contributed by atoms with Crippen molar-refractivity contribution in [3.8, 4) is 0 Å².